The molecule has 2 rings (SSSR count). The number of nitrogens with one attached hydrogen (secondary N) is 1. The predicted octanol–water partition coefficient (Wildman–Crippen LogP) is -0.482. The van der Waals surface area contributed by atoms with Gasteiger partial charge in [-0.05, 0) is 23.3 Å². The number of carboxylic acids is 1. The van der Waals surface area contributed by atoms with Crippen molar-refractivity contribution in [3.05, 3.63) is 0 Å². The van der Waals surface area contributed by atoms with Crippen LogP contribution >= 0.6 is 11.8 Å². The van der Waals surface area contributed by atoms with Crippen molar-refractivity contribution in [3.8, 4) is 0 Å². The van der Waals surface area contributed by atoms with Crippen molar-refractivity contribution in [1.29, 1.82) is 0 Å². The second-order valence-electron chi connectivity index (χ2n) is 3.91. The van der Waals surface area contributed by atoms with Crippen molar-refractivity contribution < 1.29 is 14.7 Å². The smallest absolute Gasteiger partial charge is 0.325 e. The Balaban J connectivity index is 2.05. The monoisotopic (exact) mass is 271 g/mol. The number of carbonyl (C=O) groups excluding carboxylic acids is 1. The molecule has 1 aliphatic heterocycles. The van der Waals surface area contributed by atoms with Crippen LogP contribution in [-0.2, 0) is 16.1 Å². The summed E-state index contributed by atoms with van der Waals surface area (Å²) >= 11 is 1.21. The molecule has 0 bridgehead atoms. The van der Waals surface area contributed by atoms with E-state index in [0.717, 1.165) is 19.3 Å². The second kappa shape index (κ2) is 5.80. The molecule has 1 aromatic heterocycles. The maximum absolute atomic E-state index is 11.7. The molecule has 0 aliphatic carbocycles. The Bertz CT molecular complexity index is 449. The summed E-state index contributed by atoms with van der Waals surface area (Å²) in [5.74, 6) is -1.06. The number of hydrogen-bond acceptors (Lipinski definition) is 6. The van der Waals surface area contributed by atoms with Crippen LogP contribution in [0.5, 0.6) is 0 Å². The summed E-state index contributed by atoms with van der Waals surface area (Å²) in [6, 6.07) is 0. The van der Waals surface area contributed by atoms with Gasteiger partial charge in [0.15, 0.2) is 0 Å². The number of carboxylic acid groups (broad SMARTS) is 1. The number of aromatic nitrogens is 4. The van der Waals surface area contributed by atoms with Gasteiger partial charge in [0.25, 0.3) is 0 Å². The molecular formula is C9H13N5O3S. The minimum Gasteiger partial charge on any atom is -0.480 e. The van der Waals surface area contributed by atoms with Crippen LogP contribution in [0.25, 0.3) is 0 Å². The molecule has 1 fully saturated rings. The number of nitrogens with zero attached hydrogens (tertiary/aromatic N) is 4. The maximum Gasteiger partial charge on any atom is 0.325 e. The summed E-state index contributed by atoms with van der Waals surface area (Å²) in [7, 11) is 0. The first-order chi connectivity index (χ1) is 8.66. The molecule has 0 spiro atoms. The van der Waals surface area contributed by atoms with E-state index in [9.17, 15) is 9.59 Å². The third-order valence-electron chi connectivity index (χ3n) is 2.52. The molecular weight excluding hydrogens is 258 g/mol. The molecule has 1 unspecified atom stereocenters. The van der Waals surface area contributed by atoms with Gasteiger partial charge >= 0.3 is 5.97 Å². The van der Waals surface area contributed by atoms with Gasteiger partial charge in [-0.15, -0.1) is 5.10 Å². The van der Waals surface area contributed by atoms with Crippen molar-refractivity contribution in [1.82, 2.24) is 25.5 Å². The van der Waals surface area contributed by atoms with E-state index >= 15 is 0 Å². The predicted molar refractivity (Wildman–Crippen MR) is 62.0 cm³/mol. The summed E-state index contributed by atoms with van der Waals surface area (Å²) in [4.78, 5) is 22.4. The molecule has 1 aliphatic rings. The number of aliphatic carboxylic acids is 1. The summed E-state index contributed by atoms with van der Waals surface area (Å²) < 4.78 is 1.19. The van der Waals surface area contributed by atoms with E-state index < -0.39 is 5.97 Å². The third-order valence-corrected chi connectivity index (χ3v) is 3.75. The average Bonchev–Trinajstić information content (AvgIpc) is 2.62. The van der Waals surface area contributed by atoms with Gasteiger partial charge in [0.05, 0.1) is 5.25 Å². The zero-order valence-electron chi connectivity index (χ0n) is 9.57. The van der Waals surface area contributed by atoms with Crippen LogP contribution in [0.1, 0.15) is 19.3 Å². The summed E-state index contributed by atoms with van der Waals surface area (Å²) in [6.07, 6.45) is 2.66. The quantitative estimate of drug-likeness (QED) is 0.760. The molecule has 9 heteroatoms. The molecule has 8 nitrogen and oxygen atoms in total. The van der Waals surface area contributed by atoms with E-state index in [0.29, 0.717) is 11.7 Å². The number of amides is 1. The van der Waals surface area contributed by atoms with Crippen molar-refractivity contribution in [2.24, 2.45) is 0 Å². The van der Waals surface area contributed by atoms with Gasteiger partial charge in [-0.25, -0.2) is 4.68 Å². The maximum atomic E-state index is 11.7. The van der Waals surface area contributed by atoms with E-state index in [-0.39, 0.29) is 17.7 Å². The van der Waals surface area contributed by atoms with Gasteiger partial charge in [-0.3, -0.25) is 9.59 Å². The van der Waals surface area contributed by atoms with Crippen molar-refractivity contribution in [2.75, 3.05) is 6.54 Å². The van der Waals surface area contributed by atoms with Crippen LogP contribution in [0.4, 0.5) is 0 Å². The Morgan fingerprint density at radius 2 is 2.39 bits per heavy atom. The molecule has 2 heterocycles. The zero-order valence-corrected chi connectivity index (χ0v) is 10.4. The lowest BCUT2D eigenvalue weighted by Crippen LogP contribution is -2.31. The molecule has 0 radical (unpaired) electrons. The number of carbonyl (C=O) groups is 2. The normalized spacial score (nSPS) is 20.2. The van der Waals surface area contributed by atoms with Crippen LogP contribution < -0.4 is 5.32 Å². The molecule has 1 saturated heterocycles. The highest BCUT2D eigenvalue weighted by Crippen LogP contribution is 2.25. The molecule has 18 heavy (non-hydrogen) atoms. The molecule has 1 aromatic rings. The summed E-state index contributed by atoms with van der Waals surface area (Å²) in [5.41, 5.74) is 0. The van der Waals surface area contributed by atoms with Gasteiger partial charge in [0, 0.05) is 6.54 Å². The van der Waals surface area contributed by atoms with Crippen LogP contribution in [-0.4, -0.2) is 49.0 Å². The average molecular weight is 271 g/mol. The fourth-order valence-electron chi connectivity index (χ4n) is 1.66. The third kappa shape index (κ3) is 3.19. The Kier molecular flexibility index (Phi) is 4.13. The van der Waals surface area contributed by atoms with Crippen LogP contribution in [0.15, 0.2) is 5.16 Å². The van der Waals surface area contributed by atoms with E-state index in [1.165, 1.54) is 16.4 Å². The Hall–Kier alpha value is -1.64. The first-order valence-corrected chi connectivity index (χ1v) is 6.47. The molecule has 1 atom stereocenters. The fraction of sp³-hybridized carbons (Fsp3) is 0.667. The molecule has 0 aromatic carbocycles. The second-order valence-corrected chi connectivity index (χ2v) is 5.08. The highest BCUT2D eigenvalue weighted by atomic mass is 32.2. The number of thioether (sulfide) groups is 1. The number of rotatable bonds is 4. The van der Waals surface area contributed by atoms with Crippen LogP contribution in [0.2, 0.25) is 0 Å². The van der Waals surface area contributed by atoms with Crippen LogP contribution in [0, 0.1) is 0 Å². The molecule has 98 valence electrons. The lowest BCUT2D eigenvalue weighted by atomic mass is 10.2. The molecule has 1 amide bonds. The van der Waals surface area contributed by atoms with E-state index in [1.54, 1.807) is 0 Å². The summed E-state index contributed by atoms with van der Waals surface area (Å²) in [5, 5.41) is 22.4. The van der Waals surface area contributed by atoms with Crippen LogP contribution in [0.3, 0.4) is 0 Å². The van der Waals surface area contributed by atoms with Gasteiger partial charge in [0.2, 0.25) is 11.1 Å². The minimum absolute atomic E-state index is 0.0395. The van der Waals surface area contributed by atoms with Crippen molar-refractivity contribution in [3.63, 3.8) is 0 Å². The molecule has 0 saturated carbocycles. The van der Waals surface area contributed by atoms with E-state index in [4.69, 9.17) is 5.11 Å². The largest absolute Gasteiger partial charge is 0.480 e. The Morgan fingerprint density at radius 1 is 1.56 bits per heavy atom. The zero-order chi connectivity index (χ0) is 13.0. The lowest BCUT2D eigenvalue weighted by molar-refractivity contribution is -0.138. The van der Waals surface area contributed by atoms with Gasteiger partial charge < -0.3 is 10.4 Å². The first-order valence-electron chi connectivity index (χ1n) is 5.59. The van der Waals surface area contributed by atoms with Gasteiger partial charge in [-0.2, -0.15) is 0 Å². The van der Waals surface area contributed by atoms with Crippen molar-refractivity contribution in [2.45, 2.75) is 36.2 Å². The highest BCUT2D eigenvalue weighted by Gasteiger charge is 2.24. The standard InChI is InChI=1S/C9H13N5O3S/c15-7(16)5-14-9(11-12-13-14)18-6-3-1-2-4-10-8(6)17/h6H,1-5H2,(H,10,17)(H,15,16). The Morgan fingerprint density at radius 3 is 3.17 bits per heavy atom. The molecule has 2 N–H and O–H groups in total. The SMILES string of the molecule is O=C(O)Cn1nnnc1SC1CCCCNC1=O. The van der Waals surface area contributed by atoms with E-state index in [2.05, 4.69) is 20.8 Å². The van der Waals surface area contributed by atoms with Crippen molar-refractivity contribution >= 4 is 23.6 Å². The van der Waals surface area contributed by atoms with Gasteiger partial charge in [0.1, 0.15) is 6.54 Å². The fourth-order valence-corrected chi connectivity index (χ4v) is 2.69. The number of tetrazole rings is 1. The lowest BCUT2D eigenvalue weighted by Gasteiger charge is -2.11. The van der Waals surface area contributed by atoms with Gasteiger partial charge in [-0.1, -0.05) is 18.2 Å². The van der Waals surface area contributed by atoms with E-state index in [1.807, 2.05) is 0 Å². The minimum atomic E-state index is -1.02. The summed E-state index contributed by atoms with van der Waals surface area (Å²) in [6.45, 7) is 0.389. The first kappa shape index (κ1) is 12.8. The highest BCUT2D eigenvalue weighted by molar-refractivity contribution is 8.00. The Labute approximate surface area is 107 Å². The number of hydrogen-bond donors (Lipinski definition) is 2. The topological polar surface area (TPSA) is 110 Å².